The summed E-state index contributed by atoms with van der Waals surface area (Å²) in [5.41, 5.74) is 6.30. The SMILES string of the molecule is Cc1ccccc1N1C(C)c2c(sc3ccn(C)c23)C12C1CC3CC(C1)CC2C3. The number of para-hydroxylation sites is 1. The third-order valence-electron chi connectivity index (χ3n) is 9.07. The summed E-state index contributed by atoms with van der Waals surface area (Å²) in [7, 11) is 2.24. The second-order valence-corrected chi connectivity index (χ2v) is 11.5. The van der Waals surface area contributed by atoms with Crippen LogP contribution in [0, 0.1) is 30.6 Å². The van der Waals surface area contributed by atoms with Gasteiger partial charge in [-0.2, -0.15) is 0 Å². The lowest BCUT2D eigenvalue weighted by Gasteiger charge is -2.63. The highest BCUT2D eigenvalue weighted by atomic mass is 32.1. The first kappa shape index (κ1) is 17.0. The van der Waals surface area contributed by atoms with Crippen LogP contribution in [0.4, 0.5) is 5.69 Å². The van der Waals surface area contributed by atoms with Crippen molar-refractivity contribution in [1.82, 2.24) is 4.57 Å². The van der Waals surface area contributed by atoms with Gasteiger partial charge in [-0.15, -0.1) is 11.3 Å². The number of benzene rings is 1. The van der Waals surface area contributed by atoms with E-state index >= 15 is 0 Å². The average molecular weight is 403 g/mol. The van der Waals surface area contributed by atoms with E-state index in [1.165, 1.54) is 53.6 Å². The lowest BCUT2D eigenvalue weighted by atomic mass is 9.48. The standard InChI is InChI=1S/C26H30N2S/c1-15-6-4-5-7-21(15)28-16(2)23-24-22(8-9-27(24)3)29-25(23)26(28)19-11-17-10-18(13-19)14-20(26)12-17/h4-9,16-20H,10-14H2,1-3H3. The molecule has 0 amide bonds. The van der Waals surface area contributed by atoms with Gasteiger partial charge in [0.2, 0.25) is 0 Å². The maximum absolute atomic E-state index is 2.93. The molecule has 4 saturated carbocycles. The van der Waals surface area contributed by atoms with E-state index in [-0.39, 0.29) is 5.54 Å². The third-order valence-corrected chi connectivity index (χ3v) is 10.4. The fourth-order valence-electron chi connectivity index (χ4n) is 8.34. The molecule has 3 heteroatoms. The van der Waals surface area contributed by atoms with Crippen LogP contribution in [0.2, 0.25) is 0 Å². The largest absolute Gasteiger partial charge is 0.353 e. The summed E-state index contributed by atoms with van der Waals surface area (Å²) < 4.78 is 3.88. The number of thiophene rings is 1. The van der Waals surface area contributed by atoms with Crippen LogP contribution in [0.1, 0.15) is 61.1 Å². The third kappa shape index (κ3) is 1.90. The first-order chi connectivity index (χ1) is 14.1. The molecular formula is C26H30N2S. The van der Waals surface area contributed by atoms with E-state index in [2.05, 4.69) is 78.2 Å². The van der Waals surface area contributed by atoms with Gasteiger partial charge in [0, 0.05) is 29.4 Å². The summed E-state index contributed by atoms with van der Waals surface area (Å²) >= 11 is 2.13. The quantitative estimate of drug-likeness (QED) is 0.435. The minimum Gasteiger partial charge on any atom is -0.353 e. The van der Waals surface area contributed by atoms with Crippen LogP contribution >= 0.6 is 11.3 Å². The number of aryl methyl sites for hydroxylation is 2. The maximum Gasteiger partial charge on any atom is 0.0813 e. The van der Waals surface area contributed by atoms with Gasteiger partial charge in [-0.25, -0.2) is 0 Å². The van der Waals surface area contributed by atoms with Gasteiger partial charge in [-0.05, 0) is 87.3 Å². The highest BCUT2D eigenvalue weighted by Gasteiger charge is 2.65. The van der Waals surface area contributed by atoms with Gasteiger partial charge in [0.1, 0.15) is 0 Å². The van der Waals surface area contributed by atoms with E-state index in [0.29, 0.717) is 6.04 Å². The van der Waals surface area contributed by atoms with Crippen LogP contribution in [0.5, 0.6) is 0 Å². The lowest BCUT2D eigenvalue weighted by Crippen LogP contribution is -2.62. The predicted octanol–water partition coefficient (Wildman–Crippen LogP) is 6.78. The van der Waals surface area contributed by atoms with Crippen LogP contribution in [-0.2, 0) is 12.6 Å². The van der Waals surface area contributed by atoms with Crippen LogP contribution in [0.15, 0.2) is 36.5 Å². The van der Waals surface area contributed by atoms with Gasteiger partial charge in [-0.1, -0.05) is 18.2 Å². The van der Waals surface area contributed by atoms with Crippen LogP contribution in [0.25, 0.3) is 10.2 Å². The Morgan fingerprint density at radius 3 is 2.34 bits per heavy atom. The summed E-state index contributed by atoms with van der Waals surface area (Å²) in [6.07, 6.45) is 9.59. The number of aromatic nitrogens is 1. The zero-order chi connectivity index (χ0) is 19.5. The Labute approximate surface area is 177 Å². The molecule has 1 unspecified atom stereocenters. The molecule has 0 N–H and O–H groups in total. The molecule has 0 saturated heterocycles. The van der Waals surface area contributed by atoms with E-state index in [1.807, 2.05) is 0 Å². The molecule has 3 aromatic rings. The topological polar surface area (TPSA) is 8.17 Å². The molecule has 2 aromatic heterocycles. The molecule has 150 valence electrons. The second-order valence-electron chi connectivity index (χ2n) is 10.4. The fourth-order valence-corrected chi connectivity index (χ4v) is 10.0. The number of fused-ring (bicyclic) bond motifs is 3. The smallest absolute Gasteiger partial charge is 0.0813 e. The van der Waals surface area contributed by atoms with Gasteiger partial charge in [0.15, 0.2) is 0 Å². The average Bonchev–Trinajstić information content (AvgIpc) is 3.31. The Morgan fingerprint density at radius 2 is 1.66 bits per heavy atom. The predicted molar refractivity (Wildman–Crippen MR) is 122 cm³/mol. The summed E-state index contributed by atoms with van der Waals surface area (Å²) in [6.45, 7) is 4.81. The number of anilines is 1. The molecule has 4 bridgehead atoms. The van der Waals surface area contributed by atoms with E-state index in [0.717, 1.165) is 23.7 Å². The highest BCUT2D eigenvalue weighted by Crippen LogP contribution is 2.70. The Hall–Kier alpha value is -1.74. The summed E-state index contributed by atoms with van der Waals surface area (Å²) in [6, 6.07) is 12.0. The highest BCUT2D eigenvalue weighted by molar-refractivity contribution is 7.19. The zero-order valence-corrected chi connectivity index (χ0v) is 18.5. The molecule has 3 heterocycles. The van der Waals surface area contributed by atoms with Crippen LogP contribution in [0.3, 0.4) is 0 Å². The summed E-state index contributed by atoms with van der Waals surface area (Å²) in [5.74, 6) is 3.65. The Kier molecular flexibility index (Phi) is 3.22. The molecule has 2 nitrogen and oxygen atoms in total. The molecule has 1 atom stereocenters. The van der Waals surface area contributed by atoms with Crippen molar-refractivity contribution in [3.63, 3.8) is 0 Å². The Morgan fingerprint density at radius 1 is 0.966 bits per heavy atom. The van der Waals surface area contributed by atoms with Gasteiger partial charge in [0.25, 0.3) is 0 Å². The molecule has 5 aliphatic rings. The molecule has 1 aromatic carbocycles. The minimum absolute atomic E-state index is 0.234. The molecule has 0 radical (unpaired) electrons. The van der Waals surface area contributed by atoms with E-state index in [9.17, 15) is 0 Å². The summed E-state index contributed by atoms with van der Waals surface area (Å²) in [5, 5.41) is 0. The number of nitrogens with zero attached hydrogens (tertiary/aromatic N) is 2. The lowest BCUT2D eigenvalue weighted by molar-refractivity contribution is -0.0588. The monoisotopic (exact) mass is 402 g/mol. The Balaban J connectivity index is 1.55. The molecule has 8 rings (SSSR count). The van der Waals surface area contributed by atoms with Crippen molar-refractivity contribution >= 4 is 27.2 Å². The van der Waals surface area contributed by atoms with E-state index < -0.39 is 0 Å². The van der Waals surface area contributed by atoms with Gasteiger partial charge < -0.3 is 9.47 Å². The van der Waals surface area contributed by atoms with Crippen molar-refractivity contribution in [1.29, 1.82) is 0 Å². The van der Waals surface area contributed by atoms with Crippen molar-refractivity contribution < 1.29 is 0 Å². The Bertz CT molecular complexity index is 1110. The van der Waals surface area contributed by atoms with Gasteiger partial charge in [0.05, 0.1) is 21.8 Å². The number of rotatable bonds is 1. The van der Waals surface area contributed by atoms with Crippen molar-refractivity contribution in [2.45, 2.75) is 57.5 Å². The van der Waals surface area contributed by atoms with Crippen LogP contribution in [-0.4, -0.2) is 4.57 Å². The second kappa shape index (κ2) is 5.49. The molecule has 4 aliphatic carbocycles. The minimum atomic E-state index is 0.234. The van der Waals surface area contributed by atoms with Gasteiger partial charge in [-0.3, -0.25) is 0 Å². The zero-order valence-electron chi connectivity index (χ0n) is 17.7. The van der Waals surface area contributed by atoms with Crippen LogP contribution < -0.4 is 4.90 Å². The fraction of sp³-hybridized carbons (Fsp3) is 0.538. The normalized spacial score (nSPS) is 37.2. The van der Waals surface area contributed by atoms with Crippen molar-refractivity contribution in [3.8, 4) is 0 Å². The number of hydrogen-bond donors (Lipinski definition) is 0. The molecule has 4 fully saturated rings. The van der Waals surface area contributed by atoms with Gasteiger partial charge >= 0.3 is 0 Å². The summed E-state index contributed by atoms with van der Waals surface area (Å²) in [4.78, 5) is 4.67. The van der Waals surface area contributed by atoms with E-state index in [4.69, 9.17) is 0 Å². The maximum atomic E-state index is 2.93. The van der Waals surface area contributed by atoms with Crippen molar-refractivity contribution in [2.24, 2.45) is 30.7 Å². The molecule has 1 aliphatic heterocycles. The first-order valence-electron chi connectivity index (χ1n) is 11.5. The molecule has 1 spiro atoms. The first-order valence-corrected chi connectivity index (χ1v) is 12.3. The molecular weight excluding hydrogens is 372 g/mol. The van der Waals surface area contributed by atoms with E-state index in [1.54, 1.807) is 10.4 Å². The number of hydrogen-bond acceptors (Lipinski definition) is 2. The van der Waals surface area contributed by atoms with Crippen molar-refractivity contribution in [3.05, 3.63) is 52.5 Å². The van der Waals surface area contributed by atoms with Crippen molar-refractivity contribution in [2.75, 3.05) is 4.90 Å². The molecule has 29 heavy (non-hydrogen) atoms.